The van der Waals surface area contributed by atoms with Gasteiger partial charge in [-0.15, -0.1) is 0 Å². The Morgan fingerprint density at radius 3 is 1.10 bits per heavy atom. The summed E-state index contributed by atoms with van der Waals surface area (Å²) in [7, 11) is 0. The fourth-order valence-corrected chi connectivity index (χ4v) is 7.76. The third kappa shape index (κ3) is 56.6. The SMILES string of the molecule is CC/C=C\C/C=C\C/C=C\C/C=C\C/C=C\CCC(=O)OCC(COC(=O)CCCCCCCCCCCCCCCCCCCCC)OC(=O)CCCCCCC\C=C/C=C\C=C/C=C\C=C/CCC. The van der Waals surface area contributed by atoms with Crippen molar-refractivity contribution in [1.29, 1.82) is 0 Å². The van der Waals surface area contributed by atoms with Crippen LogP contribution in [0, 0.1) is 0 Å². The average Bonchev–Trinajstić information content (AvgIpc) is 3.37. The zero-order chi connectivity index (χ0) is 51.4. The van der Waals surface area contributed by atoms with E-state index in [0.29, 0.717) is 12.8 Å². The molecule has 0 aliphatic heterocycles. The van der Waals surface area contributed by atoms with Crippen LogP contribution in [0.2, 0.25) is 0 Å². The van der Waals surface area contributed by atoms with Crippen molar-refractivity contribution in [3.63, 3.8) is 0 Å². The highest BCUT2D eigenvalue weighted by molar-refractivity contribution is 5.71. The van der Waals surface area contributed by atoms with Gasteiger partial charge in [0.25, 0.3) is 0 Å². The maximum atomic E-state index is 12.9. The smallest absolute Gasteiger partial charge is 0.306 e. The summed E-state index contributed by atoms with van der Waals surface area (Å²) in [5, 5.41) is 0. The van der Waals surface area contributed by atoms with Crippen molar-refractivity contribution in [2.75, 3.05) is 13.2 Å². The number of hydrogen-bond acceptors (Lipinski definition) is 6. The fourth-order valence-electron chi connectivity index (χ4n) is 7.76. The lowest BCUT2D eigenvalue weighted by molar-refractivity contribution is -0.166. The predicted molar refractivity (Wildman–Crippen MR) is 306 cm³/mol. The van der Waals surface area contributed by atoms with Gasteiger partial charge in [-0.05, 0) is 70.6 Å². The summed E-state index contributed by atoms with van der Waals surface area (Å²) < 4.78 is 16.8. The van der Waals surface area contributed by atoms with E-state index in [9.17, 15) is 14.4 Å². The minimum absolute atomic E-state index is 0.113. The summed E-state index contributed by atoms with van der Waals surface area (Å²) in [4.78, 5) is 38.2. The standard InChI is InChI=1S/C65H106O6/c1-4-7-10-13-16-19-22-25-28-31-33-35-37-40-43-46-49-52-55-58-64(67)70-61-62(60-69-63(66)57-54-51-48-45-42-39-36-30-27-24-21-18-15-12-9-6-3)71-65(68)59-56-53-50-47-44-41-38-34-32-29-26-23-20-17-14-11-8-5-2/h9,11-12,14,17-18,20-21,23,26-27,29-30,32,34,38-39,42,48,51,62H,4-8,10,13,15-16,19,22,24-25,28,31,33,35-37,40-41,43-47,49-50,52-61H2,1-3H3/b12-9-,14-11-,20-17-,21-18-,26-23-,30-27-,32-29-,38-34-,42-39-,51-48-. The number of hydrogen-bond donors (Lipinski definition) is 0. The largest absolute Gasteiger partial charge is 0.462 e. The first-order valence-electron chi connectivity index (χ1n) is 29.1. The van der Waals surface area contributed by atoms with Crippen LogP contribution >= 0.6 is 0 Å². The van der Waals surface area contributed by atoms with E-state index < -0.39 is 6.10 Å². The first kappa shape index (κ1) is 66.8. The normalized spacial score (nSPS) is 13.0. The van der Waals surface area contributed by atoms with E-state index in [1.807, 2.05) is 30.4 Å². The number of rotatable bonds is 51. The topological polar surface area (TPSA) is 78.9 Å². The average molecular weight is 984 g/mol. The van der Waals surface area contributed by atoms with E-state index in [4.69, 9.17) is 14.2 Å². The Balaban J connectivity index is 4.52. The monoisotopic (exact) mass is 983 g/mol. The summed E-state index contributed by atoms with van der Waals surface area (Å²) in [6.07, 6.45) is 80.5. The molecule has 0 saturated carbocycles. The zero-order valence-electron chi connectivity index (χ0n) is 45.9. The number of ether oxygens (including phenoxy) is 3. The van der Waals surface area contributed by atoms with Crippen LogP contribution in [0.3, 0.4) is 0 Å². The molecule has 0 fully saturated rings. The quantitative estimate of drug-likeness (QED) is 0.0199. The molecule has 0 aliphatic carbocycles. The third-order valence-electron chi connectivity index (χ3n) is 12.1. The van der Waals surface area contributed by atoms with Crippen LogP contribution in [0.25, 0.3) is 0 Å². The van der Waals surface area contributed by atoms with Crippen molar-refractivity contribution in [2.45, 2.75) is 258 Å². The molecule has 0 aromatic carbocycles. The molecule has 1 atom stereocenters. The zero-order valence-corrected chi connectivity index (χ0v) is 45.9. The Morgan fingerprint density at radius 1 is 0.310 bits per heavy atom. The summed E-state index contributed by atoms with van der Waals surface area (Å²) in [6.45, 7) is 6.36. The first-order chi connectivity index (χ1) is 35.0. The highest BCUT2D eigenvalue weighted by atomic mass is 16.6. The van der Waals surface area contributed by atoms with Crippen LogP contribution in [0.5, 0.6) is 0 Å². The maximum Gasteiger partial charge on any atom is 0.306 e. The minimum Gasteiger partial charge on any atom is -0.462 e. The molecule has 6 heteroatoms. The van der Waals surface area contributed by atoms with Gasteiger partial charge in [0.15, 0.2) is 6.10 Å². The van der Waals surface area contributed by atoms with Gasteiger partial charge in [-0.25, -0.2) is 0 Å². The lowest BCUT2D eigenvalue weighted by atomic mass is 10.0. The van der Waals surface area contributed by atoms with E-state index in [1.165, 1.54) is 109 Å². The van der Waals surface area contributed by atoms with E-state index >= 15 is 0 Å². The van der Waals surface area contributed by atoms with Crippen LogP contribution in [0.1, 0.15) is 252 Å². The third-order valence-corrected chi connectivity index (χ3v) is 12.1. The molecule has 0 amide bonds. The maximum absolute atomic E-state index is 12.9. The summed E-state index contributed by atoms with van der Waals surface area (Å²) in [6, 6.07) is 0. The number of carbonyl (C=O) groups is 3. The highest BCUT2D eigenvalue weighted by Gasteiger charge is 2.19. The van der Waals surface area contributed by atoms with E-state index in [0.717, 1.165) is 96.3 Å². The van der Waals surface area contributed by atoms with E-state index in [2.05, 4.69) is 112 Å². The number of unbranched alkanes of at least 4 members (excludes halogenated alkanes) is 24. The second kappa shape index (κ2) is 58.4. The molecular formula is C65H106O6. The van der Waals surface area contributed by atoms with Crippen LogP contribution < -0.4 is 0 Å². The van der Waals surface area contributed by atoms with Crippen LogP contribution in [-0.2, 0) is 28.6 Å². The Bertz CT molecular complexity index is 1500. The van der Waals surface area contributed by atoms with Crippen LogP contribution in [-0.4, -0.2) is 37.2 Å². The Kier molecular flexibility index (Phi) is 54.9. The molecule has 0 aliphatic rings. The van der Waals surface area contributed by atoms with Crippen molar-refractivity contribution in [2.24, 2.45) is 0 Å². The van der Waals surface area contributed by atoms with Crippen molar-refractivity contribution >= 4 is 17.9 Å². The molecule has 0 heterocycles. The molecule has 0 aromatic heterocycles. The number of carbonyl (C=O) groups excluding carboxylic acids is 3. The van der Waals surface area contributed by atoms with E-state index in [-0.39, 0.29) is 44.0 Å². The van der Waals surface area contributed by atoms with Gasteiger partial charge < -0.3 is 14.2 Å². The molecule has 0 N–H and O–H groups in total. The van der Waals surface area contributed by atoms with Gasteiger partial charge in [0.1, 0.15) is 13.2 Å². The van der Waals surface area contributed by atoms with Gasteiger partial charge >= 0.3 is 17.9 Å². The molecule has 6 nitrogen and oxygen atoms in total. The molecule has 0 bridgehead atoms. The Labute approximate surface area is 437 Å². The molecule has 71 heavy (non-hydrogen) atoms. The van der Waals surface area contributed by atoms with Crippen LogP contribution in [0.15, 0.2) is 122 Å². The van der Waals surface area contributed by atoms with Gasteiger partial charge in [-0.2, -0.15) is 0 Å². The second-order valence-corrected chi connectivity index (χ2v) is 18.9. The number of esters is 3. The highest BCUT2D eigenvalue weighted by Crippen LogP contribution is 2.16. The van der Waals surface area contributed by atoms with Gasteiger partial charge in [0, 0.05) is 19.3 Å². The fraction of sp³-hybridized carbons (Fsp3) is 0.646. The Hall–Kier alpha value is -4.19. The predicted octanol–water partition coefficient (Wildman–Crippen LogP) is 19.6. The summed E-state index contributed by atoms with van der Waals surface area (Å²) in [5.41, 5.74) is 0. The number of allylic oxidation sites excluding steroid dienone is 20. The van der Waals surface area contributed by atoms with Gasteiger partial charge in [-0.3, -0.25) is 14.4 Å². The molecule has 402 valence electrons. The Morgan fingerprint density at radius 2 is 0.662 bits per heavy atom. The molecule has 0 spiro atoms. The van der Waals surface area contributed by atoms with Crippen molar-refractivity contribution < 1.29 is 28.6 Å². The van der Waals surface area contributed by atoms with Crippen LogP contribution in [0.4, 0.5) is 0 Å². The summed E-state index contributed by atoms with van der Waals surface area (Å²) in [5.74, 6) is -1.02. The lowest BCUT2D eigenvalue weighted by Crippen LogP contribution is -2.30. The molecule has 0 radical (unpaired) electrons. The van der Waals surface area contributed by atoms with Gasteiger partial charge in [-0.1, -0.05) is 284 Å². The molecule has 0 rings (SSSR count). The minimum atomic E-state index is -0.824. The second-order valence-electron chi connectivity index (χ2n) is 18.9. The first-order valence-corrected chi connectivity index (χ1v) is 29.1. The molecule has 0 saturated heterocycles. The summed E-state index contributed by atoms with van der Waals surface area (Å²) >= 11 is 0. The lowest BCUT2D eigenvalue weighted by Gasteiger charge is -2.18. The molecule has 0 aromatic rings. The van der Waals surface area contributed by atoms with Crippen molar-refractivity contribution in [3.8, 4) is 0 Å². The van der Waals surface area contributed by atoms with Crippen molar-refractivity contribution in [1.82, 2.24) is 0 Å². The van der Waals surface area contributed by atoms with Gasteiger partial charge in [0.05, 0.1) is 0 Å². The van der Waals surface area contributed by atoms with Crippen molar-refractivity contribution in [3.05, 3.63) is 122 Å². The van der Waals surface area contributed by atoms with Gasteiger partial charge in [0.2, 0.25) is 0 Å². The molecular weight excluding hydrogens is 877 g/mol. The molecule has 1 unspecified atom stereocenters. The van der Waals surface area contributed by atoms with E-state index in [1.54, 1.807) is 0 Å².